The predicted octanol–water partition coefficient (Wildman–Crippen LogP) is 2.31. The fourth-order valence-corrected chi connectivity index (χ4v) is 1.50. The minimum Gasteiger partial charge on any atom is -0.497 e. The average Bonchev–Trinajstić information content (AvgIpc) is 2.82. The van der Waals surface area contributed by atoms with Crippen LogP contribution in [0.3, 0.4) is 0 Å². The molecule has 1 heterocycles. The van der Waals surface area contributed by atoms with Crippen LogP contribution >= 0.6 is 12.2 Å². The molecule has 94 valence electrons. The minimum absolute atomic E-state index is 0.384. The molecule has 0 amide bonds. The Kier molecular flexibility index (Phi) is 3.73. The first-order valence-corrected chi connectivity index (χ1v) is 5.69. The van der Waals surface area contributed by atoms with Gasteiger partial charge in [0.15, 0.2) is 0 Å². The predicted molar refractivity (Wildman–Crippen MR) is 72.6 cm³/mol. The molecule has 0 unspecified atom stereocenters. The third kappa shape index (κ3) is 2.95. The number of ether oxygens (including phenoxy) is 1. The molecular formula is C11H13N5OS. The van der Waals surface area contributed by atoms with Gasteiger partial charge in [-0.2, -0.15) is 10.1 Å². The minimum atomic E-state index is 0.384. The molecule has 0 aliphatic carbocycles. The Balaban J connectivity index is 2.09. The topological polar surface area (TPSA) is 78.1 Å². The SMILES string of the molecule is COc1ccc(C(C)=NNc2nc(=S)[nH][nH]2)cc1. The molecule has 0 spiro atoms. The van der Waals surface area contributed by atoms with E-state index in [4.69, 9.17) is 17.0 Å². The number of anilines is 1. The number of aromatic amines is 2. The number of aromatic nitrogens is 3. The molecule has 2 aromatic rings. The van der Waals surface area contributed by atoms with Crippen LogP contribution in [0.5, 0.6) is 5.75 Å². The zero-order chi connectivity index (χ0) is 13.0. The van der Waals surface area contributed by atoms with E-state index in [0.29, 0.717) is 10.7 Å². The first kappa shape index (κ1) is 12.3. The number of hydrogen-bond acceptors (Lipinski definition) is 5. The van der Waals surface area contributed by atoms with Crippen LogP contribution in [0.1, 0.15) is 12.5 Å². The molecule has 7 heteroatoms. The maximum Gasteiger partial charge on any atom is 0.238 e. The van der Waals surface area contributed by atoms with Gasteiger partial charge in [-0.15, -0.1) is 0 Å². The van der Waals surface area contributed by atoms with Crippen molar-refractivity contribution in [1.82, 2.24) is 15.2 Å². The van der Waals surface area contributed by atoms with Crippen LogP contribution < -0.4 is 10.2 Å². The highest BCUT2D eigenvalue weighted by molar-refractivity contribution is 7.71. The van der Waals surface area contributed by atoms with Gasteiger partial charge in [-0.1, -0.05) is 0 Å². The second-order valence-corrected chi connectivity index (χ2v) is 3.94. The lowest BCUT2D eigenvalue weighted by Crippen LogP contribution is -2.00. The van der Waals surface area contributed by atoms with E-state index < -0.39 is 0 Å². The van der Waals surface area contributed by atoms with E-state index in [1.807, 2.05) is 31.2 Å². The van der Waals surface area contributed by atoms with Crippen molar-refractivity contribution in [1.29, 1.82) is 0 Å². The van der Waals surface area contributed by atoms with Crippen LogP contribution in [-0.2, 0) is 0 Å². The van der Waals surface area contributed by atoms with Crippen LogP contribution in [-0.4, -0.2) is 28.0 Å². The molecule has 6 nitrogen and oxygen atoms in total. The molecular weight excluding hydrogens is 250 g/mol. The van der Waals surface area contributed by atoms with E-state index in [9.17, 15) is 0 Å². The van der Waals surface area contributed by atoms with Gasteiger partial charge in [0.2, 0.25) is 10.7 Å². The highest BCUT2D eigenvalue weighted by Crippen LogP contribution is 2.12. The van der Waals surface area contributed by atoms with Gasteiger partial charge in [-0.3, -0.25) is 10.2 Å². The summed E-state index contributed by atoms with van der Waals surface area (Å²) < 4.78 is 5.48. The van der Waals surface area contributed by atoms with E-state index in [1.165, 1.54) is 0 Å². The number of methoxy groups -OCH3 is 1. The largest absolute Gasteiger partial charge is 0.497 e. The number of hydrazone groups is 1. The normalized spacial score (nSPS) is 11.3. The lowest BCUT2D eigenvalue weighted by Gasteiger charge is -2.03. The lowest BCUT2D eigenvalue weighted by molar-refractivity contribution is 0.415. The van der Waals surface area contributed by atoms with Crippen LogP contribution in [0.4, 0.5) is 5.95 Å². The van der Waals surface area contributed by atoms with Crippen LogP contribution in [0.15, 0.2) is 29.4 Å². The molecule has 18 heavy (non-hydrogen) atoms. The standard InChI is InChI=1S/C11H13N5OS/c1-7(8-3-5-9(17-2)6-4-8)13-14-10-12-11(18)16-15-10/h3-6H,1-2H3,(H3,12,14,15,16,18). The fraction of sp³-hybridized carbons (Fsp3) is 0.182. The van der Waals surface area contributed by atoms with Gasteiger partial charge in [0.05, 0.1) is 12.8 Å². The molecule has 0 aliphatic rings. The van der Waals surface area contributed by atoms with Crippen molar-refractivity contribution in [2.24, 2.45) is 5.10 Å². The van der Waals surface area contributed by atoms with Crippen molar-refractivity contribution in [3.63, 3.8) is 0 Å². The zero-order valence-electron chi connectivity index (χ0n) is 10.0. The zero-order valence-corrected chi connectivity index (χ0v) is 10.8. The fourth-order valence-electron chi connectivity index (χ4n) is 1.36. The number of H-pyrrole nitrogens is 2. The van der Waals surface area contributed by atoms with Gasteiger partial charge in [0, 0.05) is 0 Å². The summed E-state index contributed by atoms with van der Waals surface area (Å²) in [5, 5.41) is 9.63. The van der Waals surface area contributed by atoms with E-state index >= 15 is 0 Å². The summed E-state index contributed by atoms with van der Waals surface area (Å²) in [6.07, 6.45) is 0. The van der Waals surface area contributed by atoms with Gasteiger partial charge in [-0.05, 0) is 49.0 Å². The maximum absolute atomic E-state index is 5.09. The van der Waals surface area contributed by atoms with Crippen molar-refractivity contribution >= 4 is 23.9 Å². The quantitative estimate of drug-likeness (QED) is 0.449. The highest BCUT2D eigenvalue weighted by Gasteiger charge is 1.99. The first-order chi connectivity index (χ1) is 8.69. The number of benzene rings is 1. The van der Waals surface area contributed by atoms with Gasteiger partial charge < -0.3 is 4.74 Å². The third-order valence-electron chi connectivity index (χ3n) is 2.34. The summed E-state index contributed by atoms with van der Waals surface area (Å²) >= 11 is 4.83. The molecule has 0 atom stereocenters. The molecule has 0 saturated heterocycles. The van der Waals surface area contributed by atoms with Crippen molar-refractivity contribution in [3.05, 3.63) is 34.6 Å². The second-order valence-electron chi connectivity index (χ2n) is 3.55. The summed E-state index contributed by atoms with van der Waals surface area (Å²) in [5.41, 5.74) is 4.62. The number of nitrogens with zero attached hydrogens (tertiary/aromatic N) is 2. The molecule has 0 radical (unpaired) electrons. The Hall–Kier alpha value is -2.15. The van der Waals surface area contributed by atoms with Gasteiger partial charge >= 0.3 is 0 Å². The summed E-state index contributed by atoms with van der Waals surface area (Å²) in [6.45, 7) is 1.90. The summed E-state index contributed by atoms with van der Waals surface area (Å²) in [5.74, 6) is 1.30. The third-order valence-corrected chi connectivity index (χ3v) is 2.53. The van der Waals surface area contributed by atoms with E-state index in [2.05, 4.69) is 25.7 Å². The van der Waals surface area contributed by atoms with Crippen LogP contribution in [0.25, 0.3) is 0 Å². The monoisotopic (exact) mass is 263 g/mol. The van der Waals surface area contributed by atoms with Crippen molar-refractivity contribution in [2.45, 2.75) is 6.92 Å². The number of hydrogen-bond donors (Lipinski definition) is 3. The average molecular weight is 263 g/mol. The molecule has 1 aromatic carbocycles. The Morgan fingerprint density at radius 1 is 1.33 bits per heavy atom. The van der Waals surface area contributed by atoms with E-state index in [-0.39, 0.29) is 0 Å². The van der Waals surface area contributed by atoms with Crippen molar-refractivity contribution < 1.29 is 4.74 Å². The van der Waals surface area contributed by atoms with Gasteiger partial charge in [-0.25, -0.2) is 5.43 Å². The van der Waals surface area contributed by atoms with Crippen LogP contribution in [0, 0.1) is 4.77 Å². The summed E-state index contributed by atoms with van der Waals surface area (Å²) in [4.78, 5) is 3.97. The van der Waals surface area contributed by atoms with Gasteiger partial charge in [0.1, 0.15) is 5.75 Å². The Morgan fingerprint density at radius 2 is 2.06 bits per heavy atom. The van der Waals surface area contributed by atoms with Crippen LogP contribution in [0.2, 0.25) is 0 Å². The molecule has 0 aliphatic heterocycles. The molecule has 0 fully saturated rings. The molecule has 2 rings (SSSR count). The summed E-state index contributed by atoms with van der Waals surface area (Å²) in [7, 11) is 1.64. The Bertz CT molecular complexity index is 598. The molecule has 0 saturated carbocycles. The lowest BCUT2D eigenvalue weighted by atomic mass is 10.1. The number of rotatable bonds is 4. The van der Waals surface area contributed by atoms with Crippen molar-refractivity contribution in [2.75, 3.05) is 12.5 Å². The molecule has 0 bridgehead atoms. The molecule has 1 aromatic heterocycles. The number of nitrogens with one attached hydrogen (secondary N) is 3. The maximum atomic E-state index is 5.09. The Labute approximate surface area is 109 Å². The first-order valence-electron chi connectivity index (χ1n) is 5.28. The summed E-state index contributed by atoms with van der Waals surface area (Å²) in [6, 6.07) is 7.64. The molecule has 3 N–H and O–H groups in total. The van der Waals surface area contributed by atoms with E-state index in [1.54, 1.807) is 7.11 Å². The van der Waals surface area contributed by atoms with Crippen molar-refractivity contribution in [3.8, 4) is 5.75 Å². The smallest absolute Gasteiger partial charge is 0.238 e. The van der Waals surface area contributed by atoms with E-state index in [0.717, 1.165) is 17.0 Å². The highest BCUT2D eigenvalue weighted by atomic mass is 32.1. The van der Waals surface area contributed by atoms with Gasteiger partial charge in [0.25, 0.3) is 0 Å². The second kappa shape index (κ2) is 5.46. The Morgan fingerprint density at radius 3 is 2.61 bits per heavy atom.